The number of rotatable bonds is 6. The minimum atomic E-state index is -0.0537. The summed E-state index contributed by atoms with van der Waals surface area (Å²) in [6, 6.07) is 0.883. The van der Waals surface area contributed by atoms with E-state index in [0.29, 0.717) is 30.9 Å². The molecule has 2 aliphatic heterocycles. The Morgan fingerprint density at radius 1 is 1.10 bits per heavy atom. The molecule has 0 radical (unpaired) electrons. The summed E-state index contributed by atoms with van der Waals surface area (Å²) in [6.45, 7) is 4.39. The van der Waals surface area contributed by atoms with Gasteiger partial charge in [-0.2, -0.15) is 0 Å². The summed E-state index contributed by atoms with van der Waals surface area (Å²) in [5, 5.41) is 11.1. The predicted octanol–water partition coefficient (Wildman–Crippen LogP) is 0.676. The van der Waals surface area contributed by atoms with Crippen molar-refractivity contribution in [3.63, 3.8) is 0 Å². The summed E-state index contributed by atoms with van der Waals surface area (Å²) in [4.78, 5) is 29.4. The molecular weight excluding hydrogens is 429 g/mol. The molecule has 170 valence electrons. The van der Waals surface area contributed by atoms with Crippen LogP contribution in [-0.4, -0.2) is 81.4 Å². The van der Waals surface area contributed by atoms with Crippen LogP contribution in [0.3, 0.4) is 0 Å². The van der Waals surface area contributed by atoms with E-state index >= 15 is 0 Å². The van der Waals surface area contributed by atoms with Gasteiger partial charge in [0.15, 0.2) is 5.69 Å². The van der Waals surface area contributed by atoms with Crippen molar-refractivity contribution in [3.8, 4) is 0 Å². The summed E-state index contributed by atoms with van der Waals surface area (Å²) < 4.78 is 1.61. The molecule has 3 fully saturated rings. The highest BCUT2D eigenvalue weighted by Gasteiger charge is 2.34. The van der Waals surface area contributed by atoms with Gasteiger partial charge in [-0.1, -0.05) is 5.21 Å². The van der Waals surface area contributed by atoms with Crippen molar-refractivity contribution in [1.82, 2.24) is 30.1 Å². The number of aromatic nitrogens is 3. The standard InChI is InChI=1S/C19H31N7O2.2ClH/c20-7-11-26-13-17(22-23-26)19(28)24-9-5-16(6-10-24)25-8-1-2-14(12-25)18(27)21-15-3-4-15;;/h13-16H,1-12,20H2,(H,21,27);2*1H. The minimum absolute atomic E-state index is 0. The fourth-order valence-corrected chi connectivity index (χ4v) is 4.33. The molecule has 0 spiro atoms. The van der Waals surface area contributed by atoms with Crippen molar-refractivity contribution in [2.45, 2.75) is 57.2 Å². The molecule has 1 aromatic rings. The van der Waals surface area contributed by atoms with E-state index in [9.17, 15) is 9.59 Å². The lowest BCUT2D eigenvalue weighted by Gasteiger charge is -2.41. The molecule has 11 heteroatoms. The average Bonchev–Trinajstić information content (AvgIpc) is 3.42. The number of carbonyl (C=O) groups is 2. The number of carbonyl (C=O) groups excluding carboxylic acids is 2. The second-order valence-corrected chi connectivity index (χ2v) is 8.30. The Hall–Kier alpha value is -1.42. The number of nitrogens with zero attached hydrogens (tertiary/aromatic N) is 5. The number of likely N-dealkylation sites (tertiary alicyclic amines) is 2. The second kappa shape index (κ2) is 11.3. The molecule has 1 atom stereocenters. The first-order valence-corrected chi connectivity index (χ1v) is 10.6. The molecule has 0 bridgehead atoms. The van der Waals surface area contributed by atoms with Gasteiger partial charge in [0, 0.05) is 38.3 Å². The maximum absolute atomic E-state index is 12.7. The van der Waals surface area contributed by atoms with Gasteiger partial charge in [0.1, 0.15) is 0 Å². The average molecular weight is 462 g/mol. The molecule has 3 N–H and O–H groups in total. The summed E-state index contributed by atoms with van der Waals surface area (Å²) in [7, 11) is 0. The van der Waals surface area contributed by atoms with Gasteiger partial charge in [0.2, 0.25) is 5.91 Å². The van der Waals surface area contributed by atoms with Crippen molar-refractivity contribution in [3.05, 3.63) is 11.9 Å². The molecule has 30 heavy (non-hydrogen) atoms. The van der Waals surface area contributed by atoms with Gasteiger partial charge < -0.3 is 16.0 Å². The summed E-state index contributed by atoms with van der Waals surface area (Å²) in [5.41, 5.74) is 5.91. The molecule has 2 amide bonds. The van der Waals surface area contributed by atoms with Crippen molar-refractivity contribution in [2.24, 2.45) is 11.7 Å². The molecular formula is C19H33Cl2N7O2. The number of hydrogen-bond donors (Lipinski definition) is 2. The lowest BCUT2D eigenvalue weighted by molar-refractivity contribution is -0.127. The van der Waals surface area contributed by atoms with Gasteiger partial charge in [0.05, 0.1) is 18.7 Å². The molecule has 1 aliphatic carbocycles. The molecule has 2 saturated heterocycles. The zero-order valence-electron chi connectivity index (χ0n) is 17.2. The van der Waals surface area contributed by atoms with Crippen LogP contribution in [0.5, 0.6) is 0 Å². The topological polar surface area (TPSA) is 109 Å². The van der Waals surface area contributed by atoms with Crippen LogP contribution in [0.15, 0.2) is 6.20 Å². The Morgan fingerprint density at radius 2 is 1.83 bits per heavy atom. The number of amides is 2. The van der Waals surface area contributed by atoms with Crippen LogP contribution in [0.4, 0.5) is 0 Å². The number of nitrogens with one attached hydrogen (secondary N) is 1. The van der Waals surface area contributed by atoms with Crippen molar-refractivity contribution in [2.75, 3.05) is 32.7 Å². The maximum Gasteiger partial charge on any atom is 0.276 e. The highest BCUT2D eigenvalue weighted by Crippen LogP contribution is 2.26. The molecule has 1 unspecified atom stereocenters. The van der Waals surface area contributed by atoms with E-state index < -0.39 is 0 Å². The minimum Gasteiger partial charge on any atom is -0.353 e. The van der Waals surface area contributed by atoms with E-state index in [1.54, 1.807) is 10.9 Å². The van der Waals surface area contributed by atoms with Gasteiger partial charge in [-0.15, -0.1) is 29.9 Å². The zero-order chi connectivity index (χ0) is 19.5. The number of nitrogens with two attached hydrogens (primary N) is 1. The lowest BCUT2D eigenvalue weighted by atomic mass is 9.93. The van der Waals surface area contributed by atoms with E-state index in [2.05, 4.69) is 20.5 Å². The normalized spacial score (nSPS) is 22.7. The third kappa shape index (κ3) is 6.06. The Morgan fingerprint density at radius 3 is 2.50 bits per heavy atom. The molecule has 4 rings (SSSR count). The summed E-state index contributed by atoms with van der Waals surface area (Å²) in [6.07, 6.45) is 7.90. The quantitative estimate of drug-likeness (QED) is 0.644. The van der Waals surface area contributed by atoms with Crippen LogP contribution >= 0.6 is 24.8 Å². The monoisotopic (exact) mass is 461 g/mol. The van der Waals surface area contributed by atoms with E-state index in [1.807, 2.05) is 4.90 Å². The largest absolute Gasteiger partial charge is 0.353 e. The van der Waals surface area contributed by atoms with Crippen LogP contribution in [0.25, 0.3) is 0 Å². The fourth-order valence-electron chi connectivity index (χ4n) is 4.33. The fraction of sp³-hybridized carbons (Fsp3) is 0.789. The number of halogens is 2. The van der Waals surface area contributed by atoms with Crippen LogP contribution in [0.2, 0.25) is 0 Å². The van der Waals surface area contributed by atoms with Gasteiger partial charge >= 0.3 is 0 Å². The van der Waals surface area contributed by atoms with Crippen molar-refractivity contribution >= 4 is 36.6 Å². The highest BCUT2D eigenvalue weighted by atomic mass is 35.5. The first-order chi connectivity index (χ1) is 13.6. The SMILES string of the molecule is Cl.Cl.NCCn1cc(C(=O)N2CCC(N3CCCC(C(=O)NC4CC4)C3)CC2)nn1. The smallest absolute Gasteiger partial charge is 0.276 e. The van der Waals surface area contributed by atoms with E-state index in [-0.39, 0.29) is 42.5 Å². The van der Waals surface area contributed by atoms with Crippen LogP contribution in [-0.2, 0) is 11.3 Å². The predicted molar refractivity (Wildman–Crippen MR) is 118 cm³/mol. The van der Waals surface area contributed by atoms with Crippen molar-refractivity contribution in [1.29, 1.82) is 0 Å². The van der Waals surface area contributed by atoms with E-state index in [0.717, 1.165) is 64.7 Å². The Balaban J connectivity index is 0.00000160. The van der Waals surface area contributed by atoms with Crippen molar-refractivity contribution < 1.29 is 9.59 Å². The van der Waals surface area contributed by atoms with Gasteiger partial charge in [-0.3, -0.25) is 19.2 Å². The highest BCUT2D eigenvalue weighted by molar-refractivity contribution is 5.92. The first-order valence-electron chi connectivity index (χ1n) is 10.6. The molecule has 0 aromatic carbocycles. The Kier molecular flexibility index (Phi) is 9.33. The van der Waals surface area contributed by atoms with Gasteiger partial charge in [0.25, 0.3) is 5.91 Å². The first kappa shape index (κ1) is 24.8. The van der Waals surface area contributed by atoms with Crippen LogP contribution < -0.4 is 11.1 Å². The molecule has 3 aliphatic rings. The van der Waals surface area contributed by atoms with Crippen LogP contribution in [0.1, 0.15) is 49.0 Å². The Bertz CT molecular complexity index is 705. The number of piperidine rings is 2. The maximum atomic E-state index is 12.7. The van der Waals surface area contributed by atoms with E-state index in [4.69, 9.17) is 5.73 Å². The van der Waals surface area contributed by atoms with Gasteiger partial charge in [-0.05, 0) is 45.1 Å². The van der Waals surface area contributed by atoms with Crippen LogP contribution in [0, 0.1) is 5.92 Å². The number of hydrogen-bond acceptors (Lipinski definition) is 6. The third-order valence-electron chi connectivity index (χ3n) is 6.13. The summed E-state index contributed by atoms with van der Waals surface area (Å²) in [5.74, 6) is 0.300. The third-order valence-corrected chi connectivity index (χ3v) is 6.13. The lowest BCUT2D eigenvalue weighted by Crippen LogP contribution is -2.51. The molecule has 1 saturated carbocycles. The molecule has 9 nitrogen and oxygen atoms in total. The second-order valence-electron chi connectivity index (χ2n) is 8.30. The van der Waals surface area contributed by atoms with Gasteiger partial charge in [-0.25, -0.2) is 0 Å². The summed E-state index contributed by atoms with van der Waals surface area (Å²) >= 11 is 0. The Labute approximate surface area is 189 Å². The van der Waals surface area contributed by atoms with E-state index in [1.165, 1.54) is 0 Å². The molecule has 1 aromatic heterocycles. The zero-order valence-corrected chi connectivity index (χ0v) is 18.9. The molecule has 3 heterocycles.